The molecule has 98 valence electrons. The van der Waals surface area contributed by atoms with Gasteiger partial charge in [0.15, 0.2) is 5.78 Å². The molecule has 0 radical (unpaired) electrons. The number of hydrogen-bond donors (Lipinski definition) is 2. The van der Waals surface area contributed by atoms with E-state index in [4.69, 9.17) is 0 Å². The van der Waals surface area contributed by atoms with E-state index in [0.29, 0.717) is 22.5 Å². The molecule has 0 bridgehead atoms. The number of benzene rings is 1. The molecule has 5 nitrogen and oxygen atoms in total. The number of aromatic amines is 2. The van der Waals surface area contributed by atoms with Gasteiger partial charge in [0.1, 0.15) is 0 Å². The van der Waals surface area contributed by atoms with Gasteiger partial charge in [-0.25, -0.2) is 0 Å². The molecule has 5 heteroatoms. The van der Waals surface area contributed by atoms with Crippen molar-refractivity contribution in [1.82, 2.24) is 9.97 Å². The third-order valence-electron chi connectivity index (χ3n) is 3.75. The van der Waals surface area contributed by atoms with Crippen LogP contribution >= 0.6 is 0 Å². The van der Waals surface area contributed by atoms with Gasteiger partial charge >= 0.3 is 11.1 Å². The summed E-state index contributed by atoms with van der Waals surface area (Å²) in [7, 11) is 0. The van der Waals surface area contributed by atoms with Crippen LogP contribution in [0, 0.1) is 11.8 Å². The summed E-state index contributed by atoms with van der Waals surface area (Å²) in [5.74, 6) is 0.612. The van der Waals surface area contributed by atoms with Gasteiger partial charge in [0.2, 0.25) is 0 Å². The van der Waals surface area contributed by atoms with E-state index < -0.39 is 11.1 Å². The fourth-order valence-electron chi connectivity index (χ4n) is 2.34. The molecule has 0 spiro atoms. The predicted octanol–water partition coefficient (Wildman–Crippen LogP) is 1.45. The van der Waals surface area contributed by atoms with Crippen LogP contribution < -0.4 is 11.1 Å². The summed E-state index contributed by atoms with van der Waals surface area (Å²) in [6, 6.07) is 4.98. The van der Waals surface area contributed by atoms with Gasteiger partial charge in [-0.05, 0) is 37.0 Å². The molecule has 1 atom stereocenters. The summed E-state index contributed by atoms with van der Waals surface area (Å²) >= 11 is 0. The molecule has 0 aliphatic heterocycles. The van der Waals surface area contributed by atoms with Crippen molar-refractivity contribution in [1.29, 1.82) is 0 Å². The maximum Gasteiger partial charge on any atom is 0.314 e. The van der Waals surface area contributed by atoms with Crippen molar-refractivity contribution in [2.45, 2.75) is 19.8 Å². The van der Waals surface area contributed by atoms with Crippen molar-refractivity contribution in [3.05, 3.63) is 44.5 Å². The fraction of sp³-hybridized carbons (Fsp3) is 0.357. The van der Waals surface area contributed by atoms with E-state index >= 15 is 0 Å². The van der Waals surface area contributed by atoms with Crippen LogP contribution in [0.3, 0.4) is 0 Å². The molecule has 19 heavy (non-hydrogen) atoms. The summed E-state index contributed by atoms with van der Waals surface area (Å²) in [5.41, 5.74) is 0.207. The van der Waals surface area contributed by atoms with Crippen molar-refractivity contribution < 1.29 is 4.79 Å². The number of H-pyrrole nitrogens is 2. The maximum absolute atomic E-state index is 12.3. The van der Waals surface area contributed by atoms with Gasteiger partial charge in [0, 0.05) is 11.5 Å². The number of carbonyl (C=O) groups is 1. The van der Waals surface area contributed by atoms with Gasteiger partial charge in [0.05, 0.1) is 11.0 Å². The molecule has 1 aromatic heterocycles. The highest BCUT2D eigenvalue weighted by molar-refractivity contribution is 6.00. The Kier molecular flexibility index (Phi) is 2.62. The summed E-state index contributed by atoms with van der Waals surface area (Å²) in [4.78, 5) is 39.7. The van der Waals surface area contributed by atoms with Gasteiger partial charge in [-0.1, -0.05) is 6.92 Å². The molecule has 3 rings (SSSR count). The minimum atomic E-state index is -0.702. The summed E-state index contributed by atoms with van der Waals surface area (Å²) in [6.07, 6.45) is 2.23. The Hall–Kier alpha value is -2.17. The zero-order valence-corrected chi connectivity index (χ0v) is 10.5. The van der Waals surface area contributed by atoms with Crippen LogP contribution in [0.2, 0.25) is 0 Å². The molecule has 0 amide bonds. The van der Waals surface area contributed by atoms with Crippen molar-refractivity contribution in [2.75, 3.05) is 0 Å². The van der Waals surface area contributed by atoms with Crippen molar-refractivity contribution in [2.24, 2.45) is 11.8 Å². The normalized spacial score (nSPS) is 16.5. The van der Waals surface area contributed by atoms with Gasteiger partial charge in [-0.15, -0.1) is 0 Å². The van der Waals surface area contributed by atoms with Crippen molar-refractivity contribution in [3.63, 3.8) is 0 Å². The summed E-state index contributed by atoms with van der Waals surface area (Å²) < 4.78 is 0. The smallest absolute Gasteiger partial charge is 0.314 e. The topological polar surface area (TPSA) is 82.8 Å². The van der Waals surface area contributed by atoms with E-state index in [-0.39, 0.29) is 11.7 Å². The highest BCUT2D eigenvalue weighted by Crippen LogP contribution is 2.38. The number of nitrogens with one attached hydrogen (secondary N) is 2. The molecule has 1 fully saturated rings. The first-order chi connectivity index (χ1) is 9.06. The number of rotatable bonds is 3. The lowest BCUT2D eigenvalue weighted by Gasteiger charge is -2.09. The number of hydrogen-bond acceptors (Lipinski definition) is 3. The lowest BCUT2D eigenvalue weighted by molar-refractivity contribution is 0.0916. The van der Waals surface area contributed by atoms with Crippen LogP contribution in [-0.4, -0.2) is 15.8 Å². The number of ketones is 1. The molecule has 1 aliphatic carbocycles. The molecular formula is C14H14N2O3. The largest absolute Gasteiger partial charge is 0.316 e. The van der Waals surface area contributed by atoms with Gasteiger partial charge in [-0.2, -0.15) is 0 Å². The Labute approximate surface area is 108 Å². The molecule has 2 N–H and O–H groups in total. The van der Waals surface area contributed by atoms with E-state index in [1.807, 2.05) is 6.92 Å². The van der Waals surface area contributed by atoms with Crippen LogP contribution in [0.1, 0.15) is 30.1 Å². The van der Waals surface area contributed by atoms with Crippen LogP contribution in [0.25, 0.3) is 11.0 Å². The third-order valence-corrected chi connectivity index (χ3v) is 3.75. The van der Waals surface area contributed by atoms with Crippen LogP contribution in [0.15, 0.2) is 27.8 Å². The highest BCUT2D eigenvalue weighted by atomic mass is 16.2. The molecule has 1 aromatic carbocycles. The van der Waals surface area contributed by atoms with Crippen LogP contribution in [0.5, 0.6) is 0 Å². The van der Waals surface area contributed by atoms with Gasteiger partial charge in [0.25, 0.3) is 0 Å². The second-order valence-corrected chi connectivity index (χ2v) is 5.16. The number of Topliss-reactive ketones (excluding diaryl/α,β-unsaturated/α-hetero) is 1. The zero-order valence-electron chi connectivity index (χ0n) is 10.5. The Morgan fingerprint density at radius 1 is 1.16 bits per heavy atom. The number of fused-ring (bicyclic) bond motifs is 1. The quantitative estimate of drug-likeness (QED) is 0.645. The Bertz CT molecular complexity index is 768. The zero-order chi connectivity index (χ0) is 13.6. The lowest BCUT2D eigenvalue weighted by atomic mass is 9.95. The second-order valence-electron chi connectivity index (χ2n) is 5.16. The molecular weight excluding hydrogens is 244 g/mol. The van der Waals surface area contributed by atoms with E-state index in [2.05, 4.69) is 9.97 Å². The van der Waals surface area contributed by atoms with E-state index in [9.17, 15) is 14.4 Å². The number of aromatic nitrogens is 2. The SMILES string of the molecule is CC(C(=O)c1ccc2[nH]c(=O)c(=O)[nH]c2c1)C1CC1. The first-order valence-corrected chi connectivity index (χ1v) is 6.37. The highest BCUT2D eigenvalue weighted by Gasteiger charge is 2.32. The Balaban J connectivity index is 2.05. The molecule has 1 saturated carbocycles. The van der Waals surface area contributed by atoms with Gasteiger partial charge < -0.3 is 9.97 Å². The third kappa shape index (κ3) is 2.12. The first-order valence-electron chi connectivity index (χ1n) is 6.37. The van der Waals surface area contributed by atoms with E-state index in [0.717, 1.165) is 12.8 Å². The van der Waals surface area contributed by atoms with E-state index in [1.54, 1.807) is 18.2 Å². The van der Waals surface area contributed by atoms with Crippen molar-refractivity contribution in [3.8, 4) is 0 Å². The minimum absolute atomic E-state index is 0.0203. The average Bonchev–Trinajstić information content (AvgIpc) is 3.22. The summed E-state index contributed by atoms with van der Waals surface area (Å²) in [6.45, 7) is 1.94. The van der Waals surface area contributed by atoms with Crippen molar-refractivity contribution >= 4 is 16.8 Å². The Morgan fingerprint density at radius 3 is 2.42 bits per heavy atom. The monoisotopic (exact) mass is 258 g/mol. The number of carbonyl (C=O) groups excluding carboxylic acids is 1. The minimum Gasteiger partial charge on any atom is -0.316 e. The molecule has 0 saturated heterocycles. The van der Waals surface area contributed by atoms with E-state index in [1.165, 1.54) is 0 Å². The molecule has 1 aliphatic rings. The van der Waals surface area contributed by atoms with Gasteiger partial charge in [-0.3, -0.25) is 14.4 Å². The standard InChI is InChI=1S/C14H14N2O3/c1-7(8-2-3-8)12(17)9-4-5-10-11(6-9)16-14(19)13(18)15-10/h4-8H,2-3H2,1H3,(H,15,18)(H,16,19). The predicted molar refractivity (Wildman–Crippen MR) is 71.4 cm³/mol. The molecule has 2 aromatic rings. The average molecular weight is 258 g/mol. The lowest BCUT2D eigenvalue weighted by Crippen LogP contribution is -2.29. The molecule has 1 unspecified atom stereocenters. The summed E-state index contributed by atoms with van der Waals surface area (Å²) in [5, 5.41) is 0. The Morgan fingerprint density at radius 2 is 1.79 bits per heavy atom. The second kappa shape index (κ2) is 4.19. The van der Waals surface area contributed by atoms with Crippen LogP contribution in [0.4, 0.5) is 0 Å². The maximum atomic E-state index is 12.3. The molecule has 1 heterocycles. The first kappa shape index (κ1) is 11.9. The van der Waals surface area contributed by atoms with Crippen LogP contribution in [-0.2, 0) is 0 Å². The fourth-order valence-corrected chi connectivity index (χ4v) is 2.34.